The summed E-state index contributed by atoms with van der Waals surface area (Å²) in [6, 6.07) is 0. The molecule has 0 saturated heterocycles. The Morgan fingerprint density at radius 1 is 1.56 bits per heavy atom. The number of hydrogen-bond donors (Lipinski definition) is 2. The lowest BCUT2D eigenvalue weighted by molar-refractivity contribution is -0.144. The Balaban J connectivity index is 3.15. The highest BCUT2D eigenvalue weighted by molar-refractivity contribution is 5.69. The molecule has 0 aliphatic carbocycles. The molecule has 0 aliphatic rings. The molecule has 0 saturated carbocycles. The first-order valence-electron chi connectivity index (χ1n) is 4.34. The van der Waals surface area contributed by atoms with Gasteiger partial charge in [-0.3, -0.25) is 19.1 Å². The smallest absolute Gasteiger partial charge is 0.331 e. The quantitative estimate of drug-likeness (QED) is 0.647. The minimum atomic E-state index is -1.52. The van der Waals surface area contributed by atoms with Gasteiger partial charge in [0.1, 0.15) is 6.54 Å². The molecule has 7 nitrogen and oxygen atoms in total. The third-order valence-corrected chi connectivity index (χ3v) is 1.71. The molecule has 0 bridgehead atoms. The fraction of sp³-hybridized carbons (Fsp3) is 0.375. The van der Waals surface area contributed by atoms with Gasteiger partial charge < -0.3 is 9.84 Å². The van der Waals surface area contributed by atoms with Gasteiger partial charge in [0.15, 0.2) is 0 Å². The van der Waals surface area contributed by atoms with Gasteiger partial charge in [-0.25, -0.2) is 4.79 Å². The molecular formula is C8H9FN2O5. The number of carbonyl (C=O) groups is 1. The Hall–Kier alpha value is -2.12. The van der Waals surface area contributed by atoms with Crippen molar-refractivity contribution in [2.45, 2.75) is 13.5 Å². The van der Waals surface area contributed by atoms with Crippen molar-refractivity contribution in [1.29, 1.82) is 0 Å². The first-order chi connectivity index (χ1) is 7.47. The molecule has 0 aliphatic heterocycles. The van der Waals surface area contributed by atoms with E-state index in [0.717, 1.165) is 0 Å². The van der Waals surface area contributed by atoms with Crippen molar-refractivity contribution in [2.75, 3.05) is 6.61 Å². The average Bonchev–Trinajstić information content (AvgIpc) is 2.22. The number of rotatable bonds is 3. The molecule has 0 amide bonds. The Morgan fingerprint density at radius 2 is 2.19 bits per heavy atom. The van der Waals surface area contributed by atoms with E-state index in [-0.39, 0.29) is 6.61 Å². The zero-order valence-electron chi connectivity index (χ0n) is 8.32. The average molecular weight is 232 g/mol. The van der Waals surface area contributed by atoms with Gasteiger partial charge >= 0.3 is 11.7 Å². The fourth-order valence-corrected chi connectivity index (χ4v) is 1.02. The molecule has 0 atom stereocenters. The van der Waals surface area contributed by atoms with Crippen LogP contribution in [0.3, 0.4) is 0 Å². The molecule has 0 unspecified atom stereocenters. The van der Waals surface area contributed by atoms with E-state index < -0.39 is 35.5 Å². The van der Waals surface area contributed by atoms with Crippen LogP contribution in [0.4, 0.5) is 4.39 Å². The van der Waals surface area contributed by atoms with E-state index in [1.54, 1.807) is 11.9 Å². The van der Waals surface area contributed by atoms with Gasteiger partial charge in [0.05, 0.1) is 6.61 Å². The number of aromatic nitrogens is 2. The predicted octanol–water partition coefficient (Wildman–Crippen LogP) is -1.06. The van der Waals surface area contributed by atoms with Crippen molar-refractivity contribution in [1.82, 2.24) is 9.55 Å². The molecule has 0 fully saturated rings. The number of H-pyrrole nitrogens is 1. The Labute approximate surface area is 88.1 Å². The molecule has 1 aromatic rings. The normalized spacial score (nSPS) is 10.1. The first kappa shape index (κ1) is 12.0. The van der Waals surface area contributed by atoms with E-state index in [9.17, 15) is 18.8 Å². The molecule has 0 aromatic carbocycles. The second kappa shape index (κ2) is 4.60. The van der Waals surface area contributed by atoms with Crippen LogP contribution in [0, 0.1) is 5.82 Å². The van der Waals surface area contributed by atoms with E-state index in [1.807, 2.05) is 0 Å². The summed E-state index contributed by atoms with van der Waals surface area (Å²) in [4.78, 5) is 34.4. The summed E-state index contributed by atoms with van der Waals surface area (Å²) in [7, 11) is 0. The van der Waals surface area contributed by atoms with Gasteiger partial charge in [0.2, 0.25) is 11.7 Å². The van der Waals surface area contributed by atoms with E-state index in [4.69, 9.17) is 5.11 Å². The molecule has 1 rings (SSSR count). The van der Waals surface area contributed by atoms with Crippen molar-refractivity contribution in [3.63, 3.8) is 0 Å². The zero-order valence-corrected chi connectivity index (χ0v) is 8.32. The molecular weight excluding hydrogens is 223 g/mol. The fourth-order valence-electron chi connectivity index (χ4n) is 1.02. The van der Waals surface area contributed by atoms with Gasteiger partial charge in [-0.15, -0.1) is 0 Å². The number of aromatic hydroxyl groups is 1. The summed E-state index contributed by atoms with van der Waals surface area (Å²) in [6.07, 6.45) is 0. The van der Waals surface area contributed by atoms with Crippen LogP contribution >= 0.6 is 0 Å². The van der Waals surface area contributed by atoms with Gasteiger partial charge in [-0.05, 0) is 6.92 Å². The molecule has 0 radical (unpaired) electrons. The minimum absolute atomic E-state index is 0.0835. The summed E-state index contributed by atoms with van der Waals surface area (Å²) in [6.45, 7) is 0.959. The van der Waals surface area contributed by atoms with Crippen LogP contribution in [0.5, 0.6) is 5.88 Å². The number of halogens is 1. The summed E-state index contributed by atoms with van der Waals surface area (Å²) in [5.41, 5.74) is -2.43. The highest BCUT2D eigenvalue weighted by Gasteiger charge is 2.16. The summed E-state index contributed by atoms with van der Waals surface area (Å²) < 4.78 is 17.8. The number of ether oxygens (including phenoxy) is 1. The number of esters is 1. The number of nitrogens with zero attached hydrogens (tertiary/aromatic N) is 1. The van der Waals surface area contributed by atoms with Crippen LogP contribution in [-0.2, 0) is 16.1 Å². The van der Waals surface area contributed by atoms with Gasteiger partial charge in [0, 0.05) is 0 Å². The zero-order chi connectivity index (χ0) is 12.3. The van der Waals surface area contributed by atoms with Crippen LogP contribution in [0.25, 0.3) is 0 Å². The summed E-state index contributed by atoms with van der Waals surface area (Å²) in [5, 5.41) is 9.14. The maximum atomic E-state index is 12.9. The van der Waals surface area contributed by atoms with Crippen molar-refractivity contribution in [3.8, 4) is 5.88 Å². The molecule has 0 spiro atoms. The second-order valence-corrected chi connectivity index (χ2v) is 2.79. The maximum absolute atomic E-state index is 12.9. The molecule has 16 heavy (non-hydrogen) atoms. The van der Waals surface area contributed by atoms with Gasteiger partial charge in [0.25, 0.3) is 5.56 Å². The van der Waals surface area contributed by atoms with Gasteiger partial charge in [-0.1, -0.05) is 0 Å². The number of aromatic amines is 1. The van der Waals surface area contributed by atoms with E-state index >= 15 is 0 Å². The lowest BCUT2D eigenvalue weighted by Gasteiger charge is -2.06. The molecule has 88 valence electrons. The van der Waals surface area contributed by atoms with Crippen LogP contribution in [-0.4, -0.2) is 27.2 Å². The molecule has 1 heterocycles. The predicted molar refractivity (Wildman–Crippen MR) is 49.6 cm³/mol. The summed E-state index contributed by atoms with van der Waals surface area (Å²) in [5.74, 6) is -3.54. The Morgan fingerprint density at radius 3 is 2.75 bits per heavy atom. The van der Waals surface area contributed by atoms with Gasteiger partial charge in [-0.2, -0.15) is 4.39 Å². The SMILES string of the molecule is CCOC(=O)Cn1c(O)c(F)c(=O)[nH]c1=O. The third-order valence-electron chi connectivity index (χ3n) is 1.71. The molecule has 8 heteroatoms. The number of hydrogen-bond acceptors (Lipinski definition) is 5. The van der Waals surface area contributed by atoms with Crippen LogP contribution in [0.1, 0.15) is 6.92 Å². The standard InChI is InChI=1S/C8H9FN2O5/c1-2-16-4(12)3-11-7(14)5(9)6(13)10-8(11)15/h14H,2-3H2,1H3,(H,10,13,15). The number of carbonyl (C=O) groups excluding carboxylic acids is 1. The lowest BCUT2D eigenvalue weighted by Crippen LogP contribution is -2.34. The molecule has 1 aromatic heterocycles. The number of nitrogens with one attached hydrogen (secondary N) is 1. The molecule has 2 N–H and O–H groups in total. The second-order valence-electron chi connectivity index (χ2n) is 2.79. The van der Waals surface area contributed by atoms with Crippen LogP contribution in [0.2, 0.25) is 0 Å². The highest BCUT2D eigenvalue weighted by Crippen LogP contribution is 2.06. The van der Waals surface area contributed by atoms with E-state index in [2.05, 4.69) is 4.74 Å². The van der Waals surface area contributed by atoms with Crippen molar-refractivity contribution in [3.05, 3.63) is 26.7 Å². The minimum Gasteiger partial charge on any atom is -0.492 e. The third kappa shape index (κ3) is 2.27. The van der Waals surface area contributed by atoms with Crippen molar-refractivity contribution in [2.24, 2.45) is 0 Å². The summed E-state index contributed by atoms with van der Waals surface area (Å²) >= 11 is 0. The maximum Gasteiger partial charge on any atom is 0.331 e. The first-order valence-corrected chi connectivity index (χ1v) is 4.34. The monoisotopic (exact) mass is 232 g/mol. The van der Waals surface area contributed by atoms with Crippen molar-refractivity contribution < 1.29 is 19.0 Å². The topological polar surface area (TPSA) is 101 Å². The van der Waals surface area contributed by atoms with Crippen molar-refractivity contribution >= 4 is 5.97 Å². The largest absolute Gasteiger partial charge is 0.492 e. The lowest BCUT2D eigenvalue weighted by atomic mass is 10.5. The highest BCUT2D eigenvalue weighted by atomic mass is 19.1. The van der Waals surface area contributed by atoms with E-state index in [1.165, 1.54) is 0 Å². The van der Waals surface area contributed by atoms with Crippen LogP contribution < -0.4 is 11.2 Å². The van der Waals surface area contributed by atoms with E-state index in [0.29, 0.717) is 4.57 Å². The van der Waals surface area contributed by atoms with Crippen LogP contribution in [0.15, 0.2) is 9.59 Å². The Kier molecular flexibility index (Phi) is 3.44. The Bertz CT molecular complexity index is 518.